The molecule has 1 N–H and O–H groups in total. The van der Waals surface area contributed by atoms with Crippen molar-refractivity contribution in [3.63, 3.8) is 0 Å². The molecule has 1 aliphatic heterocycles. The third-order valence-corrected chi connectivity index (χ3v) is 5.42. The maximum absolute atomic E-state index is 12.0. The van der Waals surface area contributed by atoms with Crippen LogP contribution in [0, 0.1) is 0 Å². The predicted octanol–water partition coefficient (Wildman–Crippen LogP) is 2.37. The number of rotatable bonds is 3. The molecule has 0 saturated carbocycles. The molecule has 1 aliphatic rings. The van der Waals surface area contributed by atoms with Crippen molar-refractivity contribution < 1.29 is 8.42 Å². The van der Waals surface area contributed by atoms with E-state index in [-0.39, 0.29) is 11.0 Å². The van der Waals surface area contributed by atoms with Crippen molar-refractivity contribution >= 4 is 15.5 Å². The Hall–Kier alpha value is -1.03. The monoisotopic (exact) mass is 253 g/mol. The van der Waals surface area contributed by atoms with Crippen LogP contribution in [0.5, 0.6) is 0 Å². The van der Waals surface area contributed by atoms with Gasteiger partial charge in [-0.3, -0.25) is 0 Å². The molecule has 2 rings (SSSR count). The predicted molar refractivity (Wildman–Crippen MR) is 71.0 cm³/mol. The Bertz CT molecular complexity index is 506. The molecule has 0 amide bonds. The molecule has 1 aromatic rings. The summed E-state index contributed by atoms with van der Waals surface area (Å²) in [6, 6.07) is 5.90. The zero-order chi connectivity index (χ0) is 12.5. The second-order valence-corrected chi connectivity index (χ2v) is 7.39. The minimum atomic E-state index is -3.01. The summed E-state index contributed by atoms with van der Waals surface area (Å²) >= 11 is 0. The Morgan fingerprint density at radius 1 is 1.35 bits per heavy atom. The summed E-state index contributed by atoms with van der Waals surface area (Å²) in [5, 5.41) is 3.01. The van der Waals surface area contributed by atoms with Gasteiger partial charge in [-0.15, -0.1) is 0 Å². The fourth-order valence-electron chi connectivity index (χ4n) is 2.10. The zero-order valence-corrected chi connectivity index (χ0v) is 11.2. The molecule has 0 aromatic heterocycles. The molecule has 3 nitrogen and oxygen atoms in total. The van der Waals surface area contributed by atoms with Crippen LogP contribution in [0.4, 0.5) is 5.69 Å². The van der Waals surface area contributed by atoms with E-state index in [1.165, 1.54) is 5.56 Å². The second-order valence-electron chi connectivity index (χ2n) is 4.83. The van der Waals surface area contributed by atoms with Gasteiger partial charge in [0.2, 0.25) is 0 Å². The van der Waals surface area contributed by atoms with Gasteiger partial charge in [-0.1, -0.05) is 12.1 Å². The van der Waals surface area contributed by atoms with Gasteiger partial charge < -0.3 is 5.32 Å². The highest BCUT2D eigenvalue weighted by atomic mass is 32.2. The number of benzene rings is 1. The highest BCUT2D eigenvalue weighted by Gasteiger charge is 2.20. The van der Waals surface area contributed by atoms with E-state index in [0.717, 1.165) is 30.6 Å². The van der Waals surface area contributed by atoms with Crippen LogP contribution < -0.4 is 5.32 Å². The third kappa shape index (κ3) is 2.63. The van der Waals surface area contributed by atoms with Crippen molar-refractivity contribution in [3.05, 3.63) is 29.3 Å². The molecule has 0 aliphatic carbocycles. The molecular formula is C13H19NO2S. The van der Waals surface area contributed by atoms with Crippen LogP contribution >= 0.6 is 0 Å². The van der Waals surface area contributed by atoms with Crippen molar-refractivity contribution in [1.29, 1.82) is 0 Å². The highest BCUT2D eigenvalue weighted by Crippen LogP contribution is 2.27. The summed E-state index contributed by atoms with van der Waals surface area (Å²) in [4.78, 5) is 0. The number of sulfone groups is 1. The van der Waals surface area contributed by atoms with Gasteiger partial charge in [-0.05, 0) is 43.9 Å². The fraction of sp³-hybridized carbons (Fsp3) is 0.538. The van der Waals surface area contributed by atoms with E-state index in [9.17, 15) is 8.42 Å². The Morgan fingerprint density at radius 3 is 2.82 bits per heavy atom. The molecule has 0 unspecified atom stereocenters. The minimum absolute atomic E-state index is 0.162. The lowest BCUT2D eigenvalue weighted by Crippen LogP contribution is -2.19. The molecule has 0 bridgehead atoms. The van der Waals surface area contributed by atoms with Crippen LogP contribution in [-0.2, 0) is 22.0 Å². The topological polar surface area (TPSA) is 46.2 Å². The van der Waals surface area contributed by atoms with Gasteiger partial charge in [0.1, 0.15) is 0 Å². The lowest BCUT2D eigenvalue weighted by Gasteiger charge is -2.21. The van der Waals surface area contributed by atoms with Crippen LogP contribution in [0.1, 0.15) is 31.4 Å². The highest BCUT2D eigenvalue weighted by molar-refractivity contribution is 7.91. The number of nitrogens with one attached hydrogen (secondary N) is 1. The Labute approximate surface area is 103 Å². The Kier molecular flexibility index (Phi) is 3.43. The number of anilines is 1. The normalized spacial score (nSPS) is 15.5. The Morgan fingerprint density at radius 2 is 2.12 bits per heavy atom. The molecule has 0 spiro atoms. The number of fused-ring (bicyclic) bond motifs is 1. The molecule has 0 fully saturated rings. The molecular weight excluding hydrogens is 234 g/mol. The van der Waals surface area contributed by atoms with E-state index in [1.807, 2.05) is 18.2 Å². The number of hydrogen-bond donors (Lipinski definition) is 1. The third-order valence-electron chi connectivity index (χ3n) is 3.27. The molecule has 94 valence electrons. The van der Waals surface area contributed by atoms with E-state index in [0.29, 0.717) is 0 Å². The van der Waals surface area contributed by atoms with Crippen LogP contribution in [0.3, 0.4) is 0 Å². The zero-order valence-electron chi connectivity index (χ0n) is 10.4. The molecule has 0 radical (unpaired) electrons. The lowest BCUT2D eigenvalue weighted by atomic mass is 9.99. The summed E-state index contributed by atoms with van der Waals surface area (Å²) in [5.74, 6) is 0.162. The molecule has 17 heavy (non-hydrogen) atoms. The first-order valence-electron chi connectivity index (χ1n) is 6.07. The minimum Gasteiger partial charge on any atom is -0.385 e. The van der Waals surface area contributed by atoms with Crippen LogP contribution in [-0.4, -0.2) is 20.2 Å². The average molecular weight is 253 g/mol. The van der Waals surface area contributed by atoms with Crippen molar-refractivity contribution in [3.8, 4) is 0 Å². The van der Waals surface area contributed by atoms with Crippen molar-refractivity contribution in [2.45, 2.75) is 37.7 Å². The van der Waals surface area contributed by atoms with E-state index in [4.69, 9.17) is 0 Å². The maximum atomic E-state index is 12.0. The molecule has 0 saturated heterocycles. The summed E-state index contributed by atoms with van der Waals surface area (Å²) in [5.41, 5.74) is 3.25. The first-order valence-corrected chi connectivity index (χ1v) is 7.78. The summed E-state index contributed by atoms with van der Waals surface area (Å²) in [6.07, 6.45) is 2.05. The van der Waals surface area contributed by atoms with Gasteiger partial charge in [-0.25, -0.2) is 8.42 Å². The van der Waals surface area contributed by atoms with Gasteiger partial charge in [-0.2, -0.15) is 0 Å². The molecule has 4 heteroatoms. The van der Waals surface area contributed by atoms with Crippen LogP contribution in [0.25, 0.3) is 0 Å². The second kappa shape index (κ2) is 4.69. The average Bonchev–Trinajstić information content (AvgIpc) is 2.29. The summed E-state index contributed by atoms with van der Waals surface area (Å²) in [6.45, 7) is 4.46. The van der Waals surface area contributed by atoms with E-state index in [1.54, 1.807) is 13.8 Å². The number of hydrogen-bond acceptors (Lipinski definition) is 3. The Balaban J connectivity index is 2.34. The van der Waals surface area contributed by atoms with Gasteiger partial charge in [0.15, 0.2) is 9.84 Å². The molecule has 1 heterocycles. The van der Waals surface area contributed by atoms with Crippen LogP contribution in [0.15, 0.2) is 18.2 Å². The molecule has 1 aromatic carbocycles. The largest absolute Gasteiger partial charge is 0.385 e. The van der Waals surface area contributed by atoms with Crippen molar-refractivity contribution in [2.75, 3.05) is 11.9 Å². The fourth-order valence-corrected chi connectivity index (χ4v) is 3.14. The summed E-state index contributed by atoms with van der Waals surface area (Å²) in [7, 11) is -3.01. The van der Waals surface area contributed by atoms with Crippen molar-refractivity contribution in [1.82, 2.24) is 0 Å². The summed E-state index contributed by atoms with van der Waals surface area (Å²) < 4.78 is 23.9. The van der Waals surface area contributed by atoms with E-state index < -0.39 is 9.84 Å². The van der Waals surface area contributed by atoms with Crippen molar-refractivity contribution in [2.24, 2.45) is 0 Å². The standard InChI is InChI=1S/C13H19NO2S/c1-10(2)17(15,16)9-11-5-3-7-13-12(11)6-4-8-14-13/h3,5,7,10,14H,4,6,8-9H2,1-2H3. The quantitative estimate of drug-likeness (QED) is 0.899. The first-order chi connectivity index (χ1) is 8.00. The van der Waals surface area contributed by atoms with Gasteiger partial charge >= 0.3 is 0 Å². The van der Waals surface area contributed by atoms with E-state index in [2.05, 4.69) is 5.32 Å². The maximum Gasteiger partial charge on any atom is 0.156 e. The SMILES string of the molecule is CC(C)S(=O)(=O)Cc1cccc2c1CCCN2. The smallest absolute Gasteiger partial charge is 0.156 e. The first kappa shape index (κ1) is 12.4. The van der Waals surface area contributed by atoms with Gasteiger partial charge in [0, 0.05) is 12.2 Å². The van der Waals surface area contributed by atoms with Crippen LogP contribution in [0.2, 0.25) is 0 Å². The molecule has 0 atom stereocenters. The van der Waals surface area contributed by atoms with Gasteiger partial charge in [0.25, 0.3) is 0 Å². The van der Waals surface area contributed by atoms with E-state index >= 15 is 0 Å². The van der Waals surface area contributed by atoms with Gasteiger partial charge in [0.05, 0.1) is 11.0 Å². The lowest BCUT2D eigenvalue weighted by molar-refractivity contribution is 0.586.